The van der Waals surface area contributed by atoms with Crippen LogP contribution in [0.4, 0.5) is 0 Å². The monoisotopic (exact) mass is 287 g/mol. The molecule has 3 heteroatoms. The van der Waals surface area contributed by atoms with E-state index < -0.39 is 0 Å². The zero-order valence-corrected chi connectivity index (χ0v) is 13.2. The highest BCUT2D eigenvalue weighted by molar-refractivity contribution is 5.98. The Balaban J connectivity index is 1.72. The van der Waals surface area contributed by atoms with E-state index in [0.29, 0.717) is 30.2 Å². The summed E-state index contributed by atoms with van der Waals surface area (Å²) in [5.74, 6) is 1.71. The van der Waals surface area contributed by atoms with E-state index in [1.807, 2.05) is 26.0 Å². The summed E-state index contributed by atoms with van der Waals surface area (Å²) < 4.78 is 5.33. The van der Waals surface area contributed by atoms with Crippen LogP contribution in [0.3, 0.4) is 0 Å². The van der Waals surface area contributed by atoms with E-state index in [1.165, 1.54) is 12.8 Å². The van der Waals surface area contributed by atoms with Crippen molar-refractivity contribution in [2.75, 3.05) is 7.11 Å². The van der Waals surface area contributed by atoms with Crippen LogP contribution in [0.25, 0.3) is 0 Å². The van der Waals surface area contributed by atoms with Gasteiger partial charge in [0.1, 0.15) is 5.75 Å². The molecular weight excluding hydrogens is 262 g/mol. The molecule has 0 spiro atoms. The van der Waals surface area contributed by atoms with Crippen molar-refractivity contribution in [3.8, 4) is 5.75 Å². The number of fused-ring (bicyclic) bond motifs is 2. The Morgan fingerprint density at radius 3 is 2.48 bits per heavy atom. The van der Waals surface area contributed by atoms with Gasteiger partial charge in [-0.3, -0.25) is 4.79 Å². The van der Waals surface area contributed by atoms with Gasteiger partial charge < -0.3 is 10.1 Å². The predicted octanol–water partition coefficient (Wildman–Crippen LogP) is 3.42. The number of nitrogens with one attached hydrogen (secondary N) is 1. The molecule has 0 saturated carbocycles. The fourth-order valence-corrected chi connectivity index (χ4v) is 4.02. The van der Waals surface area contributed by atoms with Crippen molar-refractivity contribution < 1.29 is 9.53 Å². The van der Waals surface area contributed by atoms with E-state index in [9.17, 15) is 4.79 Å². The van der Waals surface area contributed by atoms with E-state index in [1.54, 1.807) is 7.11 Å². The predicted molar refractivity (Wildman–Crippen MR) is 84.1 cm³/mol. The minimum atomic E-state index is 0.296. The fourth-order valence-electron chi connectivity index (χ4n) is 4.02. The highest BCUT2D eigenvalue weighted by Crippen LogP contribution is 2.34. The molecule has 2 aliphatic rings. The van der Waals surface area contributed by atoms with Crippen LogP contribution in [0, 0.1) is 19.8 Å². The second-order valence-electron chi connectivity index (χ2n) is 6.74. The highest BCUT2D eigenvalue weighted by atomic mass is 16.5. The molecule has 2 aliphatic heterocycles. The van der Waals surface area contributed by atoms with Crippen LogP contribution in [-0.2, 0) is 0 Å². The van der Waals surface area contributed by atoms with E-state index in [4.69, 9.17) is 4.74 Å². The Morgan fingerprint density at radius 2 is 1.86 bits per heavy atom. The summed E-state index contributed by atoms with van der Waals surface area (Å²) in [6.45, 7) is 4.00. The molecule has 0 radical (unpaired) electrons. The zero-order valence-electron chi connectivity index (χ0n) is 13.2. The lowest BCUT2D eigenvalue weighted by atomic mass is 9.86. The Hall–Kier alpha value is -1.35. The number of carbonyl (C=O) groups is 1. The molecule has 1 N–H and O–H groups in total. The summed E-state index contributed by atoms with van der Waals surface area (Å²) in [5.41, 5.74) is 2.94. The summed E-state index contributed by atoms with van der Waals surface area (Å²) in [6.07, 6.45) is 5.60. The van der Waals surface area contributed by atoms with Gasteiger partial charge in [0.15, 0.2) is 5.78 Å². The number of hydrogen-bond donors (Lipinski definition) is 1. The summed E-state index contributed by atoms with van der Waals surface area (Å²) in [6, 6.07) is 5.28. The Kier molecular flexibility index (Phi) is 4.03. The standard InChI is InChI=1S/C18H25NO2/c1-11-7-18(21-3)12(2)6-16(11)17(20)10-13-8-14-4-5-15(9-13)19-14/h6-7,13-15,19H,4-5,8-10H2,1-3H3. The van der Waals surface area contributed by atoms with Gasteiger partial charge in [0.05, 0.1) is 7.11 Å². The first-order valence-corrected chi connectivity index (χ1v) is 8.01. The van der Waals surface area contributed by atoms with Crippen LogP contribution in [0.5, 0.6) is 5.75 Å². The van der Waals surface area contributed by atoms with Gasteiger partial charge in [-0.2, -0.15) is 0 Å². The van der Waals surface area contributed by atoms with Gasteiger partial charge in [0, 0.05) is 24.1 Å². The lowest BCUT2D eigenvalue weighted by molar-refractivity contribution is 0.0945. The van der Waals surface area contributed by atoms with Crippen molar-refractivity contribution in [1.29, 1.82) is 0 Å². The number of carbonyl (C=O) groups excluding carboxylic acids is 1. The lowest BCUT2D eigenvalue weighted by Gasteiger charge is -2.28. The molecule has 2 bridgehead atoms. The highest BCUT2D eigenvalue weighted by Gasteiger charge is 2.34. The molecule has 3 rings (SSSR count). The van der Waals surface area contributed by atoms with Gasteiger partial charge in [0.25, 0.3) is 0 Å². The molecule has 3 nitrogen and oxygen atoms in total. The van der Waals surface area contributed by atoms with Crippen LogP contribution in [0.15, 0.2) is 12.1 Å². The van der Waals surface area contributed by atoms with Crippen LogP contribution in [-0.4, -0.2) is 25.0 Å². The second-order valence-corrected chi connectivity index (χ2v) is 6.74. The molecule has 2 saturated heterocycles. The number of hydrogen-bond acceptors (Lipinski definition) is 3. The molecule has 1 aromatic rings. The summed E-state index contributed by atoms with van der Waals surface area (Å²) in [7, 11) is 1.67. The van der Waals surface area contributed by atoms with E-state index >= 15 is 0 Å². The molecule has 21 heavy (non-hydrogen) atoms. The minimum Gasteiger partial charge on any atom is -0.496 e. The van der Waals surface area contributed by atoms with Crippen molar-refractivity contribution in [3.05, 3.63) is 28.8 Å². The Bertz CT molecular complexity index is 540. The van der Waals surface area contributed by atoms with Crippen LogP contribution in [0.2, 0.25) is 0 Å². The molecule has 0 aliphatic carbocycles. The number of methoxy groups -OCH3 is 1. The van der Waals surface area contributed by atoms with Crippen molar-refractivity contribution in [2.45, 2.75) is 58.0 Å². The third kappa shape index (κ3) is 2.98. The first-order chi connectivity index (χ1) is 10.1. The number of Topliss-reactive ketones (excluding diaryl/α,β-unsaturated/α-hetero) is 1. The van der Waals surface area contributed by atoms with Crippen molar-refractivity contribution >= 4 is 5.78 Å². The van der Waals surface area contributed by atoms with Gasteiger partial charge >= 0.3 is 0 Å². The normalized spacial score (nSPS) is 27.7. The first kappa shape index (κ1) is 14.6. The third-order valence-corrected chi connectivity index (χ3v) is 5.09. The number of ketones is 1. The van der Waals surface area contributed by atoms with Gasteiger partial charge in [-0.25, -0.2) is 0 Å². The maximum Gasteiger partial charge on any atom is 0.163 e. The molecule has 114 valence electrons. The zero-order chi connectivity index (χ0) is 15.0. The average molecular weight is 287 g/mol. The smallest absolute Gasteiger partial charge is 0.163 e. The maximum absolute atomic E-state index is 12.7. The SMILES string of the molecule is COc1cc(C)c(C(=O)CC2CC3CCC(C2)N3)cc1C. The second kappa shape index (κ2) is 5.80. The minimum absolute atomic E-state index is 0.296. The fraction of sp³-hybridized carbons (Fsp3) is 0.611. The molecule has 1 aromatic carbocycles. The van der Waals surface area contributed by atoms with Gasteiger partial charge in [0.2, 0.25) is 0 Å². The first-order valence-electron chi connectivity index (χ1n) is 8.01. The van der Waals surface area contributed by atoms with Crippen molar-refractivity contribution in [1.82, 2.24) is 5.32 Å². The molecule has 2 atom stereocenters. The summed E-state index contributed by atoms with van der Waals surface area (Å²) in [5, 5.41) is 3.64. The number of aryl methyl sites for hydroxylation is 2. The quantitative estimate of drug-likeness (QED) is 0.862. The van der Waals surface area contributed by atoms with Gasteiger partial charge in [-0.15, -0.1) is 0 Å². The molecule has 2 unspecified atom stereocenters. The lowest BCUT2D eigenvalue weighted by Crippen LogP contribution is -2.38. The van der Waals surface area contributed by atoms with Crippen LogP contribution >= 0.6 is 0 Å². The number of benzene rings is 1. The molecule has 0 aromatic heterocycles. The largest absolute Gasteiger partial charge is 0.496 e. The van der Waals surface area contributed by atoms with Gasteiger partial charge in [-0.1, -0.05) is 0 Å². The molecule has 2 fully saturated rings. The Labute approximate surface area is 127 Å². The van der Waals surface area contributed by atoms with Gasteiger partial charge in [-0.05, 0) is 68.7 Å². The van der Waals surface area contributed by atoms with E-state index in [0.717, 1.165) is 35.3 Å². The summed E-state index contributed by atoms with van der Waals surface area (Å²) >= 11 is 0. The summed E-state index contributed by atoms with van der Waals surface area (Å²) in [4.78, 5) is 12.7. The van der Waals surface area contributed by atoms with Crippen molar-refractivity contribution in [2.24, 2.45) is 5.92 Å². The Morgan fingerprint density at radius 1 is 1.19 bits per heavy atom. The number of piperidine rings is 1. The maximum atomic E-state index is 12.7. The van der Waals surface area contributed by atoms with Crippen molar-refractivity contribution in [3.63, 3.8) is 0 Å². The average Bonchev–Trinajstić information content (AvgIpc) is 2.79. The van der Waals surface area contributed by atoms with E-state index in [-0.39, 0.29) is 0 Å². The number of ether oxygens (including phenoxy) is 1. The third-order valence-electron chi connectivity index (χ3n) is 5.09. The topological polar surface area (TPSA) is 38.3 Å². The molecule has 2 heterocycles. The van der Waals surface area contributed by atoms with Crippen LogP contribution in [0.1, 0.15) is 53.6 Å². The molecule has 0 amide bonds. The molecular formula is C18H25NO2. The van der Waals surface area contributed by atoms with Crippen LogP contribution < -0.4 is 10.1 Å². The number of rotatable bonds is 4. The van der Waals surface area contributed by atoms with E-state index in [2.05, 4.69) is 5.32 Å².